The summed E-state index contributed by atoms with van der Waals surface area (Å²) in [5.74, 6) is -0.953. The summed E-state index contributed by atoms with van der Waals surface area (Å²) >= 11 is 3.39. The number of benzene rings is 1. The molecule has 1 atom stereocenters. The van der Waals surface area contributed by atoms with Gasteiger partial charge in [-0.2, -0.15) is 0 Å². The molecule has 0 radical (unpaired) electrons. The van der Waals surface area contributed by atoms with E-state index in [2.05, 4.69) is 21.2 Å². The minimum atomic E-state index is -0.862. The van der Waals surface area contributed by atoms with Crippen LogP contribution in [0.2, 0.25) is 0 Å². The molecule has 24 heavy (non-hydrogen) atoms. The molecule has 1 aromatic carbocycles. The van der Waals surface area contributed by atoms with E-state index in [0.29, 0.717) is 31.7 Å². The summed E-state index contributed by atoms with van der Waals surface area (Å²) < 4.78 is 6.69. The molecule has 1 amide bonds. The lowest BCUT2D eigenvalue weighted by Gasteiger charge is -2.25. The lowest BCUT2D eigenvalue weighted by molar-refractivity contribution is -0.137. The van der Waals surface area contributed by atoms with Crippen molar-refractivity contribution in [3.05, 3.63) is 39.9 Å². The zero-order chi connectivity index (χ0) is 17.1. The van der Waals surface area contributed by atoms with Crippen molar-refractivity contribution in [3.63, 3.8) is 0 Å². The van der Waals surface area contributed by atoms with Gasteiger partial charge in [-0.05, 0) is 36.3 Å². The van der Waals surface area contributed by atoms with E-state index in [0.717, 1.165) is 22.3 Å². The van der Waals surface area contributed by atoms with Crippen LogP contribution in [0, 0.1) is 0 Å². The van der Waals surface area contributed by atoms with Crippen molar-refractivity contribution in [1.29, 1.82) is 0 Å². The van der Waals surface area contributed by atoms with Gasteiger partial charge in [0.25, 0.3) is 5.91 Å². The molecule has 6 nitrogen and oxygen atoms in total. The van der Waals surface area contributed by atoms with Crippen LogP contribution in [-0.2, 0) is 14.3 Å². The lowest BCUT2D eigenvalue weighted by Crippen LogP contribution is -2.42. The number of nitrogens with one attached hydrogen (secondary N) is 1. The predicted octanol–water partition coefficient (Wildman–Crippen LogP) is 1.95. The van der Waals surface area contributed by atoms with E-state index < -0.39 is 5.97 Å². The number of anilines is 1. The Morgan fingerprint density at radius 2 is 2.12 bits per heavy atom. The van der Waals surface area contributed by atoms with Gasteiger partial charge in [-0.25, -0.2) is 0 Å². The molecular formula is C17H19BrN2O4. The topological polar surface area (TPSA) is 78.9 Å². The number of carbonyl (C=O) groups is 2. The summed E-state index contributed by atoms with van der Waals surface area (Å²) in [6, 6.07) is 7.52. The second-order valence-electron chi connectivity index (χ2n) is 5.84. The lowest BCUT2D eigenvalue weighted by atomic mass is 10.0. The molecule has 0 spiro atoms. The van der Waals surface area contributed by atoms with Gasteiger partial charge in [-0.3, -0.25) is 9.59 Å². The number of morpholine rings is 1. The molecule has 0 bridgehead atoms. The first-order valence-corrected chi connectivity index (χ1v) is 8.69. The van der Waals surface area contributed by atoms with Crippen molar-refractivity contribution in [1.82, 2.24) is 5.32 Å². The highest BCUT2D eigenvalue weighted by Crippen LogP contribution is 2.31. The maximum atomic E-state index is 12.9. The Labute approximate surface area is 148 Å². The molecule has 2 N–H and O–H groups in total. The molecule has 2 aliphatic rings. The SMILES string of the molecule is O=C(O)CCC1=C(C2CNCCO2)C(=O)N(c2ccc(Br)cc2)C1. The number of hydrogen-bond donors (Lipinski definition) is 2. The van der Waals surface area contributed by atoms with E-state index in [1.54, 1.807) is 4.90 Å². The van der Waals surface area contributed by atoms with Crippen LogP contribution in [0.4, 0.5) is 5.69 Å². The van der Waals surface area contributed by atoms with Crippen molar-refractivity contribution < 1.29 is 19.4 Å². The summed E-state index contributed by atoms with van der Waals surface area (Å²) in [7, 11) is 0. The maximum absolute atomic E-state index is 12.9. The molecule has 128 valence electrons. The van der Waals surface area contributed by atoms with Gasteiger partial charge >= 0.3 is 5.97 Å². The number of carboxylic acid groups (broad SMARTS) is 1. The van der Waals surface area contributed by atoms with Crippen molar-refractivity contribution in [2.75, 3.05) is 31.1 Å². The van der Waals surface area contributed by atoms with Crippen LogP contribution in [0.15, 0.2) is 39.9 Å². The molecule has 0 aromatic heterocycles. The van der Waals surface area contributed by atoms with Gasteiger partial charge < -0.3 is 20.1 Å². The number of aliphatic carboxylic acids is 1. The molecule has 3 rings (SSSR count). The molecule has 1 unspecified atom stereocenters. The fourth-order valence-electron chi connectivity index (χ4n) is 3.06. The summed E-state index contributed by atoms with van der Waals surface area (Å²) in [6.07, 6.45) is 0.0690. The highest BCUT2D eigenvalue weighted by molar-refractivity contribution is 9.10. The minimum absolute atomic E-state index is 0.0143. The van der Waals surface area contributed by atoms with Crippen LogP contribution in [0.25, 0.3) is 0 Å². The molecule has 2 aliphatic heterocycles. The van der Waals surface area contributed by atoms with E-state index >= 15 is 0 Å². The molecule has 0 aliphatic carbocycles. The van der Waals surface area contributed by atoms with Gasteiger partial charge in [0.2, 0.25) is 0 Å². The molecular weight excluding hydrogens is 376 g/mol. The average Bonchev–Trinajstić information content (AvgIpc) is 2.91. The Balaban J connectivity index is 1.86. The van der Waals surface area contributed by atoms with Gasteiger partial charge in [-0.15, -0.1) is 0 Å². The Hall–Kier alpha value is -1.70. The predicted molar refractivity (Wildman–Crippen MR) is 93.0 cm³/mol. The van der Waals surface area contributed by atoms with Crippen molar-refractivity contribution in [2.45, 2.75) is 18.9 Å². The minimum Gasteiger partial charge on any atom is -0.481 e. The Kier molecular flexibility index (Phi) is 5.33. The van der Waals surface area contributed by atoms with Crippen molar-refractivity contribution >= 4 is 33.5 Å². The third-order valence-corrected chi connectivity index (χ3v) is 4.76. The summed E-state index contributed by atoms with van der Waals surface area (Å²) in [4.78, 5) is 25.6. The van der Waals surface area contributed by atoms with Gasteiger partial charge in [0, 0.05) is 41.8 Å². The van der Waals surface area contributed by atoms with Crippen LogP contribution in [0.5, 0.6) is 0 Å². The molecule has 1 fully saturated rings. The normalized spacial score (nSPS) is 21.5. The summed E-state index contributed by atoms with van der Waals surface area (Å²) in [5, 5.41) is 12.2. The van der Waals surface area contributed by atoms with Gasteiger partial charge in [-0.1, -0.05) is 15.9 Å². The first-order valence-electron chi connectivity index (χ1n) is 7.89. The maximum Gasteiger partial charge on any atom is 0.303 e. The van der Waals surface area contributed by atoms with E-state index in [1.165, 1.54) is 0 Å². The van der Waals surface area contributed by atoms with Gasteiger partial charge in [0.1, 0.15) is 6.10 Å². The fraction of sp³-hybridized carbons (Fsp3) is 0.412. The number of amides is 1. The second-order valence-corrected chi connectivity index (χ2v) is 6.76. The van der Waals surface area contributed by atoms with Crippen LogP contribution in [-0.4, -0.2) is 49.3 Å². The standard InChI is InChI=1S/C17H19BrN2O4/c18-12-2-4-13(5-3-12)20-10-11(1-6-15(21)22)16(17(20)23)14-9-19-7-8-24-14/h2-5,14,19H,1,6-10H2,(H,21,22). The Morgan fingerprint density at radius 3 is 2.75 bits per heavy atom. The van der Waals surface area contributed by atoms with Crippen LogP contribution in [0.1, 0.15) is 12.8 Å². The van der Waals surface area contributed by atoms with E-state index in [9.17, 15) is 9.59 Å². The van der Waals surface area contributed by atoms with Gasteiger partial charge in [0.05, 0.1) is 6.61 Å². The number of ether oxygens (including phenoxy) is 1. The largest absolute Gasteiger partial charge is 0.481 e. The number of carbonyl (C=O) groups excluding carboxylic acids is 1. The monoisotopic (exact) mass is 394 g/mol. The molecule has 1 saturated heterocycles. The highest BCUT2D eigenvalue weighted by Gasteiger charge is 2.36. The first-order chi connectivity index (χ1) is 11.6. The molecule has 0 saturated carbocycles. The van der Waals surface area contributed by atoms with Crippen molar-refractivity contribution in [2.24, 2.45) is 0 Å². The Morgan fingerprint density at radius 1 is 1.38 bits per heavy atom. The summed E-state index contributed by atoms with van der Waals surface area (Å²) in [6.45, 7) is 2.31. The zero-order valence-electron chi connectivity index (χ0n) is 13.1. The average molecular weight is 395 g/mol. The van der Waals surface area contributed by atoms with E-state index in [4.69, 9.17) is 9.84 Å². The molecule has 2 heterocycles. The Bertz CT molecular complexity index is 666. The smallest absolute Gasteiger partial charge is 0.303 e. The zero-order valence-corrected chi connectivity index (χ0v) is 14.7. The number of rotatable bonds is 5. The van der Waals surface area contributed by atoms with Gasteiger partial charge in [0.15, 0.2) is 0 Å². The van der Waals surface area contributed by atoms with E-state index in [-0.39, 0.29) is 18.4 Å². The number of halogens is 1. The second kappa shape index (κ2) is 7.46. The molecule has 7 heteroatoms. The number of hydrogen-bond acceptors (Lipinski definition) is 4. The highest BCUT2D eigenvalue weighted by atomic mass is 79.9. The van der Waals surface area contributed by atoms with Crippen LogP contribution >= 0.6 is 15.9 Å². The number of nitrogens with zero attached hydrogens (tertiary/aromatic N) is 1. The van der Waals surface area contributed by atoms with Crippen molar-refractivity contribution in [3.8, 4) is 0 Å². The fourth-order valence-corrected chi connectivity index (χ4v) is 3.33. The number of carboxylic acids is 1. The van der Waals surface area contributed by atoms with E-state index in [1.807, 2.05) is 24.3 Å². The third kappa shape index (κ3) is 3.68. The van der Waals surface area contributed by atoms with Crippen LogP contribution in [0.3, 0.4) is 0 Å². The first kappa shape index (κ1) is 17.1. The quantitative estimate of drug-likeness (QED) is 0.797. The van der Waals surface area contributed by atoms with Crippen LogP contribution < -0.4 is 10.2 Å². The summed E-state index contributed by atoms with van der Waals surface area (Å²) in [5.41, 5.74) is 2.28. The molecule has 1 aromatic rings. The third-order valence-electron chi connectivity index (χ3n) is 4.23.